The van der Waals surface area contributed by atoms with Gasteiger partial charge in [-0.15, -0.1) is 0 Å². The molecular weight excluding hydrogens is 360 g/mol. The van der Waals surface area contributed by atoms with E-state index in [0.29, 0.717) is 6.42 Å². The molecule has 4 rings (SSSR count). The van der Waals surface area contributed by atoms with Gasteiger partial charge in [0, 0.05) is 37.0 Å². The van der Waals surface area contributed by atoms with Crippen molar-refractivity contribution in [3.63, 3.8) is 0 Å². The molecule has 1 aromatic heterocycles. The van der Waals surface area contributed by atoms with E-state index in [0.717, 1.165) is 54.1 Å². The zero-order valence-corrected chi connectivity index (χ0v) is 15.9. The summed E-state index contributed by atoms with van der Waals surface area (Å²) < 4.78 is 7.43. The number of nitrogens with zero attached hydrogens (tertiary/aromatic N) is 1. The molecule has 0 aliphatic carbocycles. The topological polar surface area (TPSA) is 97.6 Å². The van der Waals surface area contributed by atoms with Crippen LogP contribution in [0.15, 0.2) is 46.0 Å². The summed E-state index contributed by atoms with van der Waals surface area (Å²) >= 11 is 0. The molecule has 8 nitrogen and oxygen atoms in total. The number of hydrogen-bond donors (Lipinski definition) is 3. The maximum absolute atomic E-state index is 12.6. The van der Waals surface area contributed by atoms with Crippen molar-refractivity contribution in [3.05, 3.63) is 62.7 Å². The molecule has 1 aromatic carbocycles. The van der Waals surface area contributed by atoms with Crippen LogP contribution in [0.2, 0.25) is 0 Å². The number of fused-ring (bicyclic) bond motifs is 1. The fraction of sp³-hybridized carbons (Fsp3) is 0.450. The number of aromatic amines is 1. The van der Waals surface area contributed by atoms with Gasteiger partial charge in [0.15, 0.2) is 0 Å². The smallest absolute Gasteiger partial charge is 0.265 e. The first-order valence-electron chi connectivity index (χ1n) is 9.63. The molecule has 0 bridgehead atoms. The van der Waals surface area contributed by atoms with Crippen LogP contribution in [0.1, 0.15) is 30.9 Å². The minimum absolute atomic E-state index is 0.193. The number of ether oxygens (including phenoxy) is 1. The molecule has 28 heavy (non-hydrogen) atoms. The van der Waals surface area contributed by atoms with E-state index < -0.39 is 11.1 Å². The monoisotopic (exact) mass is 385 g/mol. The number of rotatable bonds is 3. The lowest BCUT2D eigenvalue weighted by atomic mass is 9.80. The Morgan fingerprint density at radius 3 is 2.79 bits per heavy atom. The average Bonchev–Trinajstić information content (AvgIpc) is 2.67. The standard InChI is InChI=1S/C20H24N4O4/c1-23-10-8-20(9-11-23)12-15(14-4-2-3-5-16(14)28-20)21-18(26)13-24-19(27)7-6-17(25)22-24/h2-7,15H,8-13H2,1H3,(H,21,26)(H,22,25)/p+1/t15-/m0/s1. The third-order valence-corrected chi connectivity index (χ3v) is 5.74. The molecule has 1 atom stereocenters. The second kappa shape index (κ2) is 7.27. The molecule has 3 N–H and O–H groups in total. The van der Waals surface area contributed by atoms with E-state index in [1.54, 1.807) is 0 Å². The SMILES string of the molecule is C[NH+]1CCC2(CC1)C[C@H](NC(=O)Cn1[nH]c(=O)ccc1=O)c1ccccc1O2. The van der Waals surface area contributed by atoms with E-state index in [2.05, 4.69) is 17.5 Å². The number of amides is 1. The fourth-order valence-electron chi connectivity index (χ4n) is 4.15. The number of carbonyl (C=O) groups is 1. The lowest BCUT2D eigenvalue weighted by Gasteiger charge is -2.45. The third-order valence-electron chi connectivity index (χ3n) is 5.74. The molecule has 2 aliphatic heterocycles. The van der Waals surface area contributed by atoms with Crippen molar-refractivity contribution >= 4 is 5.91 Å². The second-order valence-electron chi connectivity index (χ2n) is 7.84. The van der Waals surface area contributed by atoms with Crippen LogP contribution >= 0.6 is 0 Å². The highest BCUT2D eigenvalue weighted by atomic mass is 16.5. The minimum atomic E-state index is -0.420. The van der Waals surface area contributed by atoms with Crippen molar-refractivity contribution in [1.29, 1.82) is 0 Å². The maximum atomic E-state index is 12.6. The number of quaternary nitrogens is 1. The molecule has 0 unspecified atom stereocenters. The number of benzene rings is 1. The first kappa shape index (κ1) is 18.5. The molecule has 2 aromatic rings. The summed E-state index contributed by atoms with van der Waals surface area (Å²) in [6.45, 7) is 1.83. The van der Waals surface area contributed by atoms with Gasteiger partial charge in [-0.05, 0) is 6.07 Å². The van der Waals surface area contributed by atoms with E-state index in [4.69, 9.17) is 4.74 Å². The molecule has 8 heteroatoms. The van der Waals surface area contributed by atoms with Crippen LogP contribution in [-0.2, 0) is 11.3 Å². The van der Waals surface area contributed by atoms with Crippen LogP contribution in [-0.4, -0.2) is 41.4 Å². The van der Waals surface area contributed by atoms with Crippen molar-refractivity contribution in [2.75, 3.05) is 20.1 Å². The van der Waals surface area contributed by atoms with Crippen LogP contribution in [0.5, 0.6) is 5.75 Å². The Balaban J connectivity index is 1.55. The highest BCUT2D eigenvalue weighted by molar-refractivity contribution is 5.76. The number of nitrogens with one attached hydrogen (secondary N) is 3. The number of carbonyl (C=O) groups excluding carboxylic acids is 1. The van der Waals surface area contributed by atoms with Crippen molar-refractivity contribution in [1.82, 2.24) is 15.1 Å². The quantitative estimate of drug-likeness (QED) is 0.646. The van der Waals surface area contributed by atoms with Crippen molar-refractivity contribution in [2.45, 2.75) is 37.5 Å². The summed E-state index contributed by atoms with van der Waals surface area (Å²) in [4.78, 5) is 37.4. The highest BCUT2D eigenvalue weighted by Crippen LogP contribution is 2.42. The average molecular weight is 385 g/mol. The minimum Gasteiger partial charge on any atom is -0.486 e. The molecule has 3 heterocycles. The third kappa shape index (κ3) is 3.73. The van der Waals surface area contributed by atoms with E-state index >= 15 is 0 Å². The largest absolute Gasteiger partial charge is 0.486 e. The van der Waals surface area contributed by atoms with Gasteiger partial charge < -0.3 is 15.0 Å². The molecule has 0 saturated carbocycles. The molecule has 1 amide bonds. The van der Waals surface area contributed by atoms with Crippen LogP contribution in [0, 0.1) is 0 Å². The van der Waals surface area contributed by atoms with Crippen LogP contribution in [0.3, 0.4) is 0 Å². The molecule has 2 aliphatic rings. The van der Waals surface area contributed by atoms with E-state index in [1.807, 2.05) is 24.3 Å². The maximum Gasteiger partial charge on any atom is 0.265 e. The number of likely N-dealkylation sites (tertiary alicyclic amines) is 1. The van der Waals surface area contributed by atoms with Crippen LogP contribution < -0.4 is 26.1 Å². The predicted octanol–water partition coefficient (Wildman–Crippen LogP) is -0.776. The van der Waals surface area contributed by atoms with Crippen molar-refractivity contribution in [2.24, 2.45) is 0 Å². The number of hydrogen-bond acceptors (Lipinski definition) is 4. The van der Waals surface area contributed by atoms with Gasteiger partial charge in [-0.1, -0.05) is 18.2 Å². The number of para-hydroxylation sites is 1. The van der Waals surface area contributed by atoms with Crippen LogP contribution in [0.4, 0.5) is 0 Å². The summed E-state index contributed by atoms with van der Waals surface area (Å²) in [5.41, 5.74) is -0.167. The van der Waals surface area contributed by atoms with Crippen LogP contribution in [0.25, 0.3) is 0 Å². The molecule has 1 fully saturated rings. The van der Waals surface area contributed by atoms with Gasteiger partial charge in [0.05, 0.1) is 26.2 Å². The molecular formula is C20H25N4O4+. The summed E-state index contributed by atoms with van der Waals surface area (Å²) in [7, 11) is 2.18. The van der Waals surface area contributed by atoms with Crippen molar-refractivity contribution in [3.8, 4) is 5.75 Å². The second-order valence-corrected chi connectivity index (χ2v) is 7.84. The lowest BCUT2D eigenvalue weighted by Crippen LogP contribution is -3.10. The fourth-order valence-corrected chi connectivity index (χ4v) is 4.15. The lowest BCUT2D eigenvalue weighted by molar-refractivity contribution is -0.887. The first-order chi connectivity index (χ1) is 13.4. The summed E-state index contributed by atoms with van der Waals surface area (Å²) in [6, 6.07) is 9.89. The van der Waals surface area contributed by atoms with Gasteiger partial charge in [-0.3, -0.25) is 19.5 Å². The first-order valence-corrected chi connectivity index (χ1v) is 9.63. The van der Waals surface area contributed by atoms with E-state index in [1.165, 1.54) is 4.90 Å². The normalized spacial score (nSPS) is 26.3. The van der Waals surface area contributed by atoms with Gasteiger partial charge in [0.25, 0.3) is 11.1 Å². The Kier molecular flexibility index (Phi) is 4.80. The predicted molar refractivity (Wildman–Crippen MR) is 102 cm³/mol. The summed E-state index contributed by atoms with van der Waals surface area (Å²) in [6.07, 6.45) is 2.57. The van der Waals surface area contributed by atoms with Gasteiger partial charge in [0.1, 0.15) is 17.9 Å². The molecule has 1 spiro atoms. The zero-order chi connectivity index (χ0) is 19.7. The molecule has 0 radical (unpaired) electrons. The molecule has 1 saturated heterocycles. The summed E-state index contributed by atoms with van der Waals surface area (Å²) in [5, 5.41) is 5.43. The van der Waals surface area contributed by atoms with Gasteiger partial charge >= 0.3 is 0 Å². The molecule has 148 valence electrons. The Labute approximate surface area is 162 Å². The Hall–Kier alpha value is -2.87. The van der Waals surface area contributed by atoms with E-state index in [-0.39, 0.29) is 24.1 Å². The summed E-state index contributed by atoms with van der Waals surface area (Å²) in [5.74, 6) is 0.489. The van der Waals surface area contributed by atoms with E-state index in [9.17, 15) is 14.4 Å². The van der Waals surface area contributed by atoms with Crippen molar-refractivity contribution < 1.29 is 14.4 Å². The Morgan fingerprint density at radius 1 is 1.25 bits per heavy atom. The Morgan fingerprint density at radius 2 is 2.00 bits per heavy atom. The van der Waals surface area contributed by atoms with Gasteiger partial charge in [0.2, 0.25) is 5.91 Å². The number of aromatic nitrogens is 2. The Bertz CT molecular complexity index is 988. The number of H-pyrrole nitrogens is 1. The number of piperidine rings is 1. The highest BCUT2D eigenvalue weighted by Gasteiger charge is 2.44. The van der Waals surface area contributed by atoms with Gasteiger partial charge in [-0.2, -0.15) is 0 Å². The van der Waals surface area contributed by atoms with Gasteiger partial charge in [-0.25, -0.2) is 4.68 Å². The zero-order valence-electron chi connectivity index (χ0n) is 15.9.